The number of hydrogen-bond donors (Lipinski definition) is 2. The number of tetrazole rings is 1. The smallest absolute Gasteiger partial charge is 0.319 e. The second-order valence-electron chi connectivity index (χ2n) is 5.69. The van der Waals surface area contributed by atoms with Crippen molar-refractivity contribution in [2.24, 2.45) is 0 Å². The molecule has 3 aromatic rings. The molecular formula is C17H19N7O. The third kappa shape index (κ3) is 4.17. The summed E-state index contributed by atoms with van der Waals surface area (Å²) in [5.74, 6) is 0. The molecule has 25 heavy (non-hydrogen) atoms. The summed E-state index contributed by atoms with van der Waals surface area (Å²) in [7, 11) is 0. The van der Waals surface area contributed by atoms with Gasteiger partial charge in [-0.2, -0.15) is 0 Å². The topological polar surface area (TPSA) is 97.6 Å². The number of amides is 2. The average Bonchev–Trinajstić information content (AvgIpc) is 3.11. The van der Waals surface area contributed by atoms with Crippen molar-refractivity contribution in [3.63, 3.8) is 0 Å². The number of aryl methyl sites for hydroxylation is 2. The molecule has 1 aromatic carbocycles. The van der Waals surface area contributed by atoms with Crippen LogP contribution in [0, 0.1) is 13.8 Å². The van der Waals surface area contributed by atoms with E-state index in [2.05, 4.69) is 31.1 Å². The Balaban J connectivity index is 1.54. The van der Waals surface area contributed by atoms with E-state index >= 15 is 0 Å². The highest BCUT2D eigenvalue weighted by molar-refractivity contribution is 5.89. The van der Waals surface area contributed by atoms with Crippen LogP contribution in [0.5, 0.6) is 0 Å². The Morgan fingerprint density at radius 2 is 2.08 bits per heavy atom. The number of anilines is 1. The number of nitrogens with zero attached hydrogens (tertiary/aromatic N) is 5. The van der Waals surface area contributed by atoms with Crippen molar-refractivity contribution in [3.05, 3.63) is 59.7 Å². The molecule has 0 atom stereocenters. The van der Waals surface area contributed by atoms with Gasteiger partial charge in [0.1, 0.15) is 6.33 Å². The normalized spacial score (nSPS) is 10.5. The SMILES string of the molecule is Cc1cnccc1CCNC(=O)Nc1ccc(-n2cnnn2)c(C)c1. The van der Waals surface area contributed by atoms with Crippen molar-refractivity contribution in [2.45, 2.75) is 20.3 Å². The molecule has 0 spiro atoms. The number of urea groups is 1. The molecule has 0 unspecified atom stereocenters. The third-order valence-corrected chi connectivity index (χ3v) is 3.87. The lowest BCUT2D eigenvalue weighted by Crippen LogP contribution is -2.30. The van der Waals surface area contributed by atoms with Gasteiger partial charge in [0, 0.05) is 24.6 Å². The quantitative estimate of drug-likeness (QED) is 0.742. The Bertz CT molecular complexity index is 861. The Morgan fingerprint density at radius 1 is 1.20 bits per heavy atom. The monoisotopic (exact) mass is 337 g/mol. The molecule has 0 bridgehead atoms. The lowest BCUT2D eigenvalue weighted by molar-refractivity contribution is 0.252. The first kappa shape index (κ1) is 16.6. The van der Waals surface area contributed by atoms with E-state index in [1.807, 2.05) is 44.3 Å². The molecule has 2 heterocycles. The molecule has 2 aromatic heterocycles. The van der Waals surface area contributed by atoms with Gasteiger partial charge in [0.15, 0.2) is 0 Å². The van der Waals surface area contributed by atoms with Crippen LogP contribution in [-0.2, 0) is 6.42 Å². The summed E-state index contributed by atoms with van der Waals surface area (Å²) in [6, 6.07) is 7.29. The zero-order valence-corrected chi connectivity index (χ0v) is 14.1. The number of benzene rings is 1. The van der Waals surface area contributed by atoms with E-state index in [1.54, 1.807) is 10.9 Å². The van der Waals surface area contributed by atoms with Gasteiger partial charge in [-0.05, 0) is 71.7 Å². The summed E-state index contributed by atoms with van der Waals surface area (Å²) in [4.78, 5) is 16.1. The van der Waals surface area contributed by atoms with Crippen molar-refractivity contribution in [2.75, 3.05) is 11.9 Å². The van der Waals surface area contributed by atoms with Crippen molar-refractivity contribution < 1.29 is 4.79 Å². The number of hydrogen-bond acceptors (Lipinski definition) is 5. The third-order valence-electron chi connectivity index (χ3n) is 3.87. The van der Waals surface area contributed by atoms with Gasteiger partial charge in [-0.15, -0.1) is 5.10 Å². The van der Waals surface area contributed by atoms with E-state index < -0.39 is 0 Å². The number of rotatable bonds is 5. The molecule has 3 rings (SSSR count). The minimum absolute atomic E-state index is 0.235. The van der Waals surface area contributed by atoms with Gasteiger partial charge in [-0.3, -0.25) is 4.98 Å². The van der Waals surface area contributed by atoms with Crippen LogP contribution in [0.25, 0.3) is 5.69 Å². The zero-order chi connectivity index (χ0) is 17.6. The second kappa shape index (κ2) is 7.52. The van der Waals surface area contributed by atoms with E-state index in [9.17, 15) is 4.79 Å². The van der Waals surface area contributed by atoms with Gasteiger partial charge < -0.3 is 10.6 Å². The van der Waals surface area contributed by atoms with Crippen LogP contribution >= 0.6 is 0 Å². The van der Waals surface area contributed by atoms with Crippen molar-refractivity contribution >= 4 is 11.7 Å². The number of aromatic nitrogens is 5. The molecule has 2 amide bonds. The lowest BCUT2D eigenvalue weighted by atomic mass is 10.1. The van der Waals surface area contributed by atoms with Crippen LogP contribution in [0.2, 0.25) is 0 Å². The molecular weight excluding hydrogens is 318 g/mol. The van der Waals surface area contributed by atoms with Crippen molar-refractivity contribution in [3.8, 4) is 5.69 Å². The van der Waals surface area contributed by atoms with E-state index in [1.165, 1.54) is 11.9 Å². The molecule has 8 nitrogen and oxygen atoms in total. The number of carbonyl (C=O) groups is 1. The van der Waals surface area contributed by atoms with Crippen LogP contribution in [-0.4, -0.2) is 37.8 Å². The van der Waals surface area contributed by atoms with Crippen LogP contribution in [0.15, 0.2) is 43.0 Å². The fourth-order valence-electron chi connectivity index (χ4n) is 2.53. The van der Waals surface area contributed by atoms with Gasteiger partial charge in [0.05, 0.1) is 5.69 Å². The van der Waals surface area contributed by atoms with E-state index in [-0.39, 0.29) is 6.03 Å². The summed E-state index contributed by atoms with van der Waals surface area (Å²) in [5, 5.41) is 16.8. The maximum absolute atomic E-state index is 12.0. The van der Waals surface area contributed by atoms with Crippen LogP contribution < -0.4 is 10.6 Å². The minimum atomic E-state index is -0.235. The molecule has 0 aliphatic heterocycles. The Labute approximate surface area is 145 Å². The highest BCUT2D eigenvalue weighted by atomic mass is 16.2. The molecule has 0 saturated carbocycles. The molecule has 0 aliphatic carbocycles. The zero-order valence-electron chi connectivity index (χ0n) is 14.1. The first-order valence-electron chi connectivity index (χ1n) is 7.92. The molecule has 2 N–H and O–H groups in total. The van der Waals surface area contributed by atoms with E-state index in [0.717, 1.165) is 23.2 Å². The molecule has 0 radical (unpaired) electrons. The Hall–Kier alpha value is -3.29. The van der Waals surface area contributed by atoms with Gasteiger partial charge in [0.2, 0.25) is 0 Å². The largest absolute Gasteiger partial charge is 0.338 e. The number of nitrogens with one attached hydrogen (secondary N) is 2. The Morgan fingerprint density at radius 3 is 2.80 bits per heavy atom. The van der Waals surface area contributed by atoms with E-state index in [4.69, 9.17) is 0 Å². The fourth-order valence-corrected chi connectivity index (χ4v) is 2.53. The first-order chi connectivity index (χ1) is 12.1. The standard InChI is InChI=1S/C17H19N7O/c1-12-9-15(3-4-16(12)24-11-20-22-23-24)21-17(25)19-8-6-14-5-7-18-10-13(14)2/h3-5,7,9-11H,6,8H2,1-2H3,(H2,19,21,25). The Kier molecular flexibility index (Phi) is 4.98. The highest BCUT2D eigenvalue weighted by Gasteiger charge is 2.06. The number of pyridine rings is 1. The maximum Gasteiger partial charge on any atom is 0.319 e. The predicted octanol–water partition coefficient (Wildman–Crippen LogP) is 2.04. The van der Waals surface area contributed by atoms with Gasteiger partial charge in [0.25, 0.3) is 0 Å². The van der Waals surface area contributed by atoms with Crippen LogP contribution in [0.4, 0.5) is 10.5 Å². The summed E-state index contributed by atoms with van der Waals surface area (Å²) >= 11 is 0. The molecule has 0 saturated heterocycles. The fraction of sp³-hybridized carbons (Fsp3) is 0.235. The van der Waals surface area contributed by atoms with Gasteiger partial charge in [-0.25, -0.2) is 9.48 Å². The maximum atomic E-state index is 12.0. The van der Waals surface area contributed by atoms with Gasteiger partial charge >= 0.3 is 6.03 Å². The molecule has 8 heteroatoms. The van der Waals surface area contributed by atoms with Crippen molar-refractivity contribution in [1.82, 2.24) is 30.5 Å². The second-order valence-corrected chi connectivity index (χ2v) is 5.69. The minimum Gasteiger partial charge on any atom is -0.338 e. The summed E-state index contributed by atoms with van der Waals surface area (Å²) in [6.45, 7) is 4.50. The summed E-state index contributed by atoms with van der Waals surface area (Å²) in [6.07, 6.45) is 5.88. The van der Waals surface area contributed by atoms with E-state index in [0.29, 0.717) is 12.2 Å². The first-order valence-corrected chi connectivity index (χ1v) is 7.92. The summed E-state index contributed by atoms with van der Waals surface area (Å²) in [5.41, 5.74) is 4.84. The average molecular weight is 337 g/mol. The van der Waals surface area contributed by atoms with Crippen LogP contribution in [0.1, 0.15) is 16.7 Å². The molecule has 0 fully saturated rings. The lowest BCUT2D eigenvalue weighted by Gasteiger charge is -2.11. The van der Waals surface area contributed by atoms with Crippen LogP contribution in [0.3, 0.4) is 0 Å². The number of carbonyl (C=O) groups excluding carboxylic acids is 1. The summed E-state index contributed by atoms with van der Waals surface area (Å²) < 4.78 is 1.58. The molecule has 0 aliphatic rings. The van der Waals surface area contributed by atoms with Gasteiger partial charge in [-0.1, -0.05) is 0 Å². The molecule has 128 valence electrons. The predicted molar refractivity (Wildman–Crippen MR) is 93.6 cm³/mol. The van der Waals surface area contributed by atoms with Crippen molar-refractivity contribution in [1.29, 1.82) is 0 Å². The highest BCUT2D eigenvalue weighted by Crippen LogP contribution is 2.17.